The van der Waals surface area contributed by atoms with Crippen LogP contribution in [-0.2, 0) is 0 Å². The highest BCUT2D eigenvalue weighted by Crippen LogP contribution is 2.12. The minimum Gasteiger partial charge on any atom is -0.342 e. The Morgan fingerprint density at radius 2 is 2.13 bits per heavy atom. The van der Waals surface area contributed by atoms with Crippen molar-refractivity contribution in [3.63, 3.8) is 0 Å². The Hall–Kier alpha value is -1.66. The molecule has 0 fully saturated rings. The van der Waals surface area contributed by atoms with Crippen LogP contribution < -0.4 is 5.32 Å². The molecule has 15 heavy (non-hydrogen) atoms. The third kappa shape index (κ3) is 3.92. The van der Waals surface area contributed by atoms with Gasteiger partial charge in [-0.1, -0.05) is 0 Å². The van der Waals surface area contributed by atoms with Gasteiger partial charge in [-0.2, -0.15) is 13.2 Å². The molecule has 0 aromatic carbocycles. The highest BCUT2D eigenvalue weighted by atomic mass is 19.4. The molecular formula is C8H8F3N3O. The van der Waals surface area contributed by atoms with E-state index in [-0.39, 0.29) is 5.69 Å². The van der Waals surface area contributed by atoms with E-state index in [1.54, 1.807) is 12.2 Å². The first kappa shape index (κ1) is 11.4. The second-order valence-electron chi connectivity index (χ2n) is 2.84. The number of alkyl halides is 3. The lowest BCUT2D eigenvalue weighted by atomic mass is 10.4. The van der Waals surface area contributed by atoms with E-state index < -0.39 is 18.6 Å². The van der Waals surface area contributed by atoms with Gasteiger partial charge < -0.3 is 5.32 Å². The number of hydrogen-bond acceptors (Lipinski definition) is 3. The Bertz CT molecular complexity index is 364. The monoisotopic (exact) mass is 219 g/mol. The van der Waals surface area contributed by atoms with Crippen molar-refractivity contribution in [1.82, 2.24) is 15.3 Å². The van der Waals surface area contributed by atoms with Crippen molar-refractivity contribution in [3.05, 3.63) is 23.8 Å². The fraction of sp³-hybridized carbons (Fsp3) is 0.375. The van der Waals surface area contributed by atoms with Gasteiger partial charge in [-0.05, 0) is 6.92 Å². The molecule has 1 N–H and O–H groups in total. The van der Waals surface area contributed by atoms with E-state index in [1.807, 2.05) is 0 Å². The molecule has 7 heteroatoms. The summed E-state index contributed by atoms with van der Waals surface area (Å²) < 4.78 is 35.3. The van der Waals surface area contributed by atoms with E-state index in [0.717, 1.165) is 6.20 Å². The number of aryl methyl sites for hydroxylation is 1. The molecule has 0 unspecified atom stereocenters. The third-order valence-electron chi connectivity index (χ3n) is 1.44. The Morgan fingerprint density at radius 3 is 2.67 bits per heavy atom. The number of hydrogen-bond donors (Lipinski definition) is 1. The van der Waals surface area contributed by atoms with E-state index in [1.165, 1.54) is 6.20 Å². The summed E-state index contributed by atoms with van der Waals surface area (Å²) in [5.74, 6) is -0.886. The Kier molecular flexibility index (Phi) is 3.23. The van der Waals surface area contributed by atoms with Crippen molar-refractivity contribution in [3.8, 4) is 0 Å². The predicted molar refractivity (Wildman–Crippen MR) is 45.2 cm³/mol. The van der Waals surface area contributed by atoms with Gasteiger partial charge in [0.1, 0.15) is 12.2 Å². The predicted octanol–water partition coefficient (Wildman–Crippen LogP) is 1.08. The fourth-order valence-electron chi connectivity index (χ4n) is 0.844. The first-order chi connectivity index (χ1) is 6.88. The summed E-state index contributed by atoms with van der Waals surface area (Å²) in [6.07, 6.45) is -1.91. The van der Waals surface area contributed by atoms with E-state index in [2.05, 4.69) is 9.97 Å². The second-order valence-corrected chi connectivity index (χ2v) is 2.84. The minimum atomic E-state index is -4.42. The lowest BCUT2D eigenvalue weighted by molar-refractivity contribution is -0.123. The number of carbonyl (C=O) groups is 1. The molecule has 0 radical (unpaired) electrons. The molecule has 0 aliphatic carbocycles. The SMILES string of the molecule is Cc1cncc(C(=O)NCC(F)(F)F)n1. The van der Waals surface area contributed by atoms with Crippen LogP contribution in [0.2, 0.25) is 0 Å². The Labute approximate surface area is 83.5 Å². The zero-order valence-corrected chi connectivity index (χ0v) is 7.80. The number of rotatable bonds is 2. The molecule has 0 bridgehead atoms. The first-order valence-electron chi connectivity index (χ1n) is 4.02. The summed E-state index contributed by atoms with van der Waals surface area (Å²) in [7, 11) is 0. The maximum Gasteiger partial charge on any atom is 0.405 e. The molecule has 82 valence electrons. The van der Waals surface area contributed by atoms with Crippen LogP contribution in [0.4, 0.5) is 13.2 Å². The van der Waals surface area contributed by atoms with E-state index in [4.69, 9.17) is 0 Å². The van der Waals surface area contributed by atoms with Gasteiger partial charge in [0.05, 0.1) is 11.9 Å². The summed E-state index contributed by atoms with van der Waals surface area (Å²) in [5, 5.41) is 1.70. The van der Waals surface area contributed by atoms with Crippen molar-refractivity contribution >= 4 is 5.91 Å². The van der Waals surface area contributed by atoms with Crippen LogP contribution in [0.15, 0.2) is 12.4 Å². The Balaban J connectivity index is 2.62. The highest BCUT2D eigenvalue weighted by molar-refractivity contribution is 5.91. The third-order valence-corrected chi connectivity index (χ3v) is 1.44. The summed E-state index contributed by atoms with van der Waals surface area (Å²) in [6.45, 7) is 0.217. The molecular weight excluding hydrogens is 211 g/mol. The average molecular weight is 219 g/mol. The van der Waals surface area contributed by atoms with Crippen LogP contribution in [-0.4, -0.2) is 28.6 Å². The summed E-state index contributed by atoms with van der Waals surface area (Å²) in [6, 6.07) is 0. The van der Waals surface area contributed by atoms with Crippen molar-refractivity contribution in [1.29, 1.82) is 0 Å². The van der Waals surface area contributed by atoms with Crippen molar-refractivity contribution in [2.45, 2.75) is 13.1 Å². The molecule has 0 spiro atoms. The van der Waals surface area contributed by atoms with E-state index in [9.17, 15) is 18.0 Å². The molecule has 1 amide bonds. The van der Waals surface area contributed by atoms with Gasteiger partial charge in [0.2, 0.25) is 0 Å². The van der Waals surface area contributed by atoms with Crippen LogP contribution in [0.3, 0.4) is 0 Å². The van der Waals surface area contributed by atoms with Crippen LogP contribution in [0, 0.1) is 6.92 Å². The number of amides is 1. The van der Waals surface area contributed by atoms with Crippen LogP contribution in [0.25, 0.3) is 0 Å². The first-order valence-corrected chi connectivity index (χ1v) is 4.02. The molecule has 0 aliphatic heterocycles. The molecule has 1 heterocycles. The number of nitrogens with one attached hydrogen (secondary N) is 1. The molecule has 1 aromatic heterocycles. The van der Waals surface area contributed by atoms with Crippen molar-refractivity contribution in [2.24, 2.45) is 0 Å². The number of aromatic nitrogens is 2. The second kappa shape index (κ2) is 4.24. The van der Waals surface area contributed by atoms with Gasteiger partial charge >= 0.3 is 6.18 Å². The standard InChI is InChI=1S/C8H8F3N3O/c1-5-2-12-3-6(14-5)7(15)13-4-8(9,10)11/h2-3H,4H2,1H3,(H,13,15). The lowest BCUT2D eigenvalue weighted by Gasteiger charge is -2.07. The van der Waals surface area contributed by atoms with Gasteiger partial charge in [-0.15, -0.1) is 0 Å². The quantitative estimate of drug-likeness (QED) is 0.809. The number of halogens is 3. The minimum absolute atomic E-state index is 0.126. The highest BCUT2D eigenvalue weighted by Gasteiger charge is 2.28. The zero-order valence-electron chi connectivity index (χ0n) is 7.80. The van der Waals surface area contributed by atoms with Gasteiger partial charge in [0, 0.05) is 6.20 Å². The van der Waals surface area contributed by atoms with Crippen LogP contribution in [0.5, 0.6) is 0 Å². The zero-order chi connectivity index (χ0) is 11.5. The maximum absolute atomic E-state index is 11.8. The molecule has 0 saturated carbocycles. The van der Waals surface area contributed by atoms with Crippen molar-refractivity contribution < 1.29 is 18.0 Å². The van der Waals surface area contributed by atoms with Crippen molar-refractivity contribution in [2.75, 3.05) is 6.54 Å². The average Bonchev–Trinajstić information content (AvgIpc) is 2.13. The van der Waals surface area contributed by atoms with Gasteiger partial charge in [0.15, 0.2) is 0 Å². The van der Waals surface area contributed by atoms with Gasteiger partial charge in [-0.25, -0.2) is 4.98 Å². The molecule has 4 nitrogen and oxygen atoms in total. The normalized spacial score (nSPS) is 11.2. The molecule has 0 saturated heterocycles. The molecule has 1 aromatic rings. The summed E-state index contributed by atoms with van der Waals surface area (Å²) >= 11 is 0. The summed E-state index contributed by atoms with van der Waals surface area (Å²) in [5.41, 5.74) is 0.342. The summed E-state index contributed by atoms with van der Waals surface area (Å²) in [4.78, 5) is 18.5. The molecule has 0 aliphatic rings. The maximum atomic E-state index is 11.8. The van der Waals surface area contributed by atoms with E-state index >= 15 is 0 Å². The number of nitrogens with zero attached hydrogens (tertiary/aromatic N) is 2. The molecule has 0 atom stereocenters. The fourth-order valence-corrected chi connectivity index (χ4v) is 0.844. The topological polar surface area (TPSA) is 54.9 Å². The number of carbonyl (C=O) groups excluding carboxylic acids is 1. The van der Waals surface area contributed by atoms with Crippen LogP contribution in [0.1, 0.15) is 16.2 Å². The van der Waals surface area contributed by atoms with Gasteiger partial charge in [0.25, 0.3) is 5.91 Å². The largest absolute Gasteiger partial charge is 0.405 e. The smallest absolute Gasteiger partial charge is 0.342 e. The molecule has 1 rings (SSSR count). The van der Waals surface area contributed by atoms with Gasteiger partial charge in [-0.3, -0.25) is 9.78 Å². The lowest BCUT2D eigenvalue weighted by Crippen LogP contribution is -2.34. The van der Waals surface area contributed by atoms with E-state index in [0.29, 0.717) is 5.69 Å². The van der Waals surface area contributed by atoms with Crippen LogP contribution >= 0.6 is 0 Å². The Morgan fingerprint density at radius 1 is 1.47 bits per heavy atom.